The van der Waals surface area contributed by atoms with E-state index in [-0.39, 0.29) is 5.91 Å². The van der Waals surface area contributed by atoms with Crippen molar-refractivity contribution in [1.82, 2.24) is 9.78 Å². The van der Waals surface area contributed by atoms with E-state index in [1.165, 1.54) is 0 Å². The molecule has 1 aromatic carbocycles. The molecule has 0 fully saturated rings. The first-order chi connectivity index (χ1) is 9.52. The maximum absolute atomic E-state index is 11.3. The SMILES string of the molecule is CCC(Nc1cnn(-c2cccc(Cl)c2)c1C)C(N)=O. The van der Waals surface area contributed by atoms with Gasteiger partial charge in [0.1, 0.15) is 6.04 Å². The Morgan fingerprint density at radius 3 is 2.90 bits per heavy atom. The molecule has 1 atom stereocenters. The van der Waals surface area contributed by atoms with Crippen molar-refractivity contribution in [3.05, 3.63) is 41.2 Å². The van der Waals surface area contributed by atoms with E-state index in [4.69, 9.17) is 17.3 Å². The second kappa shape index (κ2) is 5.96. The van der Waals surface area contributed by atoms with Gasteiger partial charge in [0.2, 0.25) is 5.91 Å². The average Bonchev–Trinajstić information content (AvgIpc) is 2.77. The van der Waals surface area contributed by atoms with Gasteiger partial charge in [0.25, 0.3) is 0 Å². The van der Waals surface area contributed by atoms with E-state index in [1.807, 2.05) is 38.1 Å². The van der Waals surface area contributed by atoms with Crippen LogP contribution >= 0.6 is 11.6 Å². The zero-order valence-electron chi connectivity index (χ0n) is 11.4. The summed E-state index contributed by atoms with van der Waals surface area (Å²) in [6, 6.07) is 7.02. The monoisotopic (exact) mass is 292 g/mol. The number of carbonyl (C=O) groups is 1. The Balaban J connectivity index is 2.29. The van der Waals surface area contributed by atoms with Crippen LogP contribution in [0.25, 0.3) is 5.69 Å². The van der Waals surface area contributed by atoms with Gasteiger partial charge < -0.3 is 11.1 Å². The number of halogens is 1. The standard InChI is InChI=1S/C14H17ClN4O/c1-3-12(14(16)20)18-13-8-17-19(9(13)2)11-6-4-5-10(15)7-11/h4-8,12,18H,3H2,1-2H3,(H2,16,20). The van der Waals surface area contributed by atoms with Crippen LogP contribution in [0.5, 0.6) is 0 Å². The fourth-order valence-corrected chi connectivity index (χ4v) is 2.17. The van der Waals surface area contributed by atoms with Gasteiger partial charge in [-0.25, -0.2) is 4.68 Å². The summed E-state index contributed by atoms with van der Waals surface area (Å²) in [5.41, 5.74) is 7.89. The molecule has 0 saturated heterocycles. The molecule has 2 aromatic rings. The van der Waals surface area contributed by atoms with Gasteiger partial charge in [-0.1, -0.05) is 24.6 Å². The first-order valence-electron chi connectivity index (χ1n) is 6.39. The van der Waals surface area contributed by atoms with Gasteiger partial charge in [-0.3, -0.25) is 4.79 Å². The van der Waals surface area contributed by atoms with Gasteiger partial charge in [-0.2, -0.15) is 5.10 Å². The number of carbonyl (C=O) groups excluding carboxylic acids is 1. The van der Waals surface area contributed by atoms with Crippen molar-refractivity contribution in [2.24, 2.45) is 5.73 Å². The summed E-state index contributed by atoms with van der Waals surface area (Å²) >= 11 is 5.98. The number of anilines is 1. The number of rotatable bonds is 5. The Morgan fingerprint density at radius 1 is 1.55 bits per heavy atom. The minimum Gasteiger partial charge on any atom is -0.371 e. The first kappa shape index (κ1) is 14.4. The molecule has 6 heteroatoms. The van der Waals surface area contributed by atoms with Crippen molar-refractivity contribution in [2.75, 3.05) is 5.32 Å². The molecule has 0 radical (unpaired) electrons. The van der Waals surface area contributed by atoms with Crippen LogP contribution < -0.4 is 11.1 Å². The van der Waals surface area contributed by atoms with Crippen molar-refractivity contribution in [3.63, 3.8) is 0 Å². The number of amides is 1. The summed E-state index contributed by atoms with van der Waals surface area (Å²) in [5, 5.41) is 8.08. The fourth-order valence-electron chi connectivity index (χ4n) is 1.98. The Hall–Kier alpha value is -2.01. The second-order valence-corrected chi connectivity index (χ2v) is 4.98. The number of nitrogens with one attached hydrogen (secondary N) is 1. The largest absolute Gasteiger partial charge is 0.371 e. The van der Waals surface area contributed by atoms with Crippen LogP contribution in [0.15, 0.2) is 30.5 Å². The molecule has 0 bridgehead atoms. The topological polar surface area (TPSA) is 72.9 Å². The molecule has 3 N–H and O–H groups in total. The minimum atomic E-state index is -0.397. The lowest BCUT2D eigenvalue weighted by Crippen LogP contribution is -2.34. The highest BCUT2D eigenvalue weighted by molar-refractivity contribution is 6.30. The molecule has 106 valence electrons. The molecule has 2 rings (SSSR count). The van der Waals surface area contributed by atoms with E-state index in [1.54, 1.807) is 10.9 Å². The summed E-state index contributed by atoms with van der Waals surface area (Å²) in [4.78, 5) is 11.3. The second-order valence-electron chi connectivity index (χ2n) is 4.54. The number of nitrogens with zero attached hydrogens (tertiary/aromatic N) is 2. The molecule has 0 spiro atoms. The highest BCUT2D eigenvalue weighted by Gasteiger charge is 2.16. The van der Waals surface area contributed by atoms with Gasteiger partial charge in [0.15, 0.2) is 0 Å². The highest BCUT2D eigenvalue weighted by atomic mass is 35.5. The predicted molar refractivity (Wildman–Crippen MR) is 80.2 cm³/mol. The summed E-state index contributed by atoms with van der Waals surface area (Å²) in [6.45, 7) is 3.82. The number of hydrogen-bond donors (Lipinski definition) is 2. The highest BCUT2D eigenvalue weighted by Crippen LogP contribution is 2.21. The quantitative estimate of drug-likeness (QED) is 0.889. The van der Waals surface area contributed by atoms with Crippen molar-refractivity contribution in [2.45, 2.75) is 26.3 Å². The summed E-state index contributed by atoms with van der Waals surface area (Å²) in [5.74, 6) is -0.373. The molecule has 1 unspecified atom stereocenters. The van der Waals surface area contributed by atoms with E-state index in [9.17, 15) is 4.79 Å². The third-order valence-electron chi connectivity index (χ3n) is 3.14. The maximum atomic E-state index is 11.3. The van der Waals surface area contributed by atoms with Gasteiger partial charge in [0, 0.05) is 5.02 Å². The summed E-state index contributed by atoms with van der Waals surface area (Å²) in [6.07, 6.45) is 2.30. The zero-order chi connectivity index (χ0) is 14.7. The molecule has 5 nitrogen and oxygen atoms in total. The van der Waals surface area contributed by atoms with E-state index >= 15 is 0 Å². The number of aromatic nitrogens is 2. The van der Waals surface area contributed by atoms with Gasteiger partial charge in [-0.05, 0) is 31.5 Å². The molecule has 1 amide bonds. The van der Waals surface area contributed by atoms with E-state index in [0.717, 1.165) is 17.1 Å². The van der Waals surface area contributed by atoms with Crippen LogP contribution in [0.1, 0.15) is 19.0 Å². The van der Waals surface area contributed by atoms with Crippen LogP contribution in [0.4, 0.5) is 5.69 Å². The first-order valence-corrected chi connectivity index (χ1v) is 6.77. The van der Waals surface area contributed by atoms with E-state index in [0.29, 0.717) is 11.4 Å². The molecular weight excluding hydrogens is 276 g/mol. The van der Waals surface area contributed by atoms with Crippen molar-refractivity contribution < 1.29 is 4.79 Å². The molecule has 0 aliphatic heterocycles. The molecule has 0 aliphatic rings. The number of hydrogen-bond acceptors (Lipinski definition) is 3. The molecule has 1 aromatic heterocycles. The van der Waals surface area contributed by atoms with Crippen LogP contribution in [-0.2, 0) is 4.79 Å². The van der Waals surface area contributed by atoms with Crippen LogP contribution in [0.3, 0.4) is 0 Å². The van der Waals surface area contributed by atoms with Crippen molar-refractivity contribution in [3.8, 4) is 5.69 Å². The number of benzene rings is 1. The lowest BCUT2D eigenvalue weighted by Gasteiger charge is -2.14. The summed E-state index contributed by atoms with van der Waals surface area (Å²) in [7, 11) is 0. The normalized spacial score (nSPS) is 12.2. The van der Waals surface area contributed by atoms with E-state index < -0.39 is 6.04 Å². The molecule has 0 saturated carbocycles. The van der Waals surface area contributed by atoms with Crippen LogP contribution in [0, 0.1) is 6.92 Å². The van der Waals surface area contributed by atoms with Crippen molar-refractivity contribution >= 4 is 23.2 Å². The minimum absolute atomic E-state index is 0.373. The zero-order valence-corrected chi connectivity index (χ0v) is 12.2. The Bertz CT molecular complexity index is 623. The number of primary amides is 1. The van der Waals surface area contributed by atoms with E-state index in [2.05, 4.69) is 10.4 Å². The predicted octanol–water partition coefficient (Wildman–Crippen LogP) is 2.51. The maximum Gasteiger partial charge on any atom is 0.239 e. The Labute approximate surface area is 122 Å². The molecule has 1 heterocycles. The van der Waals surface area contributed by atoms with Gasteiger partial charge in [0.05, 0.1) is 23.3 Å². The molecular formula is C14H17ClN4O. The lowest BCUT2D eigenvalue weighted by molar-refractivity contribution is -0.118. The summed E-state index contributed by atoms with van der Waals surface area (Å²) < 4.78 is 1.77. The van der Waals surface area contributed by atoms with Crippen LogP contribution in [0.2, 0.25) is 5.02 Å². The Morgan fingerprint density at radius 2 is 2.30 bits per heavy atom. The van der Waals surface area contributed by atoms with Crippen molar-refractivity contribution in [1.29, 1.82) is 0 Å². The third-order valence-corrected chi connectivity index (χ3v) is 3.38. The Kier molecular flexibility index (Phi) is 4.29. The molecule has 20 heavy (non-hydrogen) atoms. The number of nitrogens with two attached hydrogens (primary N) is 1. The molecule has 0 aliphatic carbocycles. The average molecular weight is 293 g/mol. The third kappa shape index (κ3) is 2.93. The smallest absolute Gasteiger partial charge is 0.239 e. The van der Waals surface area contributed by atoms with Gasteiger partial charge in [-0.15, -0.1) is 0 Å². The fraction of sp³-hybridized carbons (Fsp3) is 0.286. The van der Waals surface area contributed by atoms with Crippen LogP contribution in [-0.4, -0.2) is 21.7 Å². The van der Waals surface area contributed by atoms with Gasteiger partial charge >= 0.3 is 0 Å². The lowest BCUT2D eigenvalue weighted by atomic mass is 10.2.